The molecule has 5 rings (SSSR count). The molecule has 6 heteroatoms. The van der Waals surface area contributed by atoms with Gasteiger partial charge < -0.3 is 15.7 Å². The highest BCUT2D eigenvalue weighted by atomic mass is 35.5. The molecule has 1 unspecified atom stereocenters. The number of carboxylic acid groups (broad SMARTS) is 1. The van der Waals surface area contributed by atoms with Crippen molar-refractivity contribution in [2.45, 2.75) is 31.7 Å². The largest absolute Gasteiger partial charge is 0.478 e. The molecule has 34 heavy (non-hydrogen) atoms. The average Bonchev–Trinajstić information content (AvgIpc) is 3.25. The van der Waals surface area contributed by atoms with Gasteiger partial charge in [-0.05, 0) is 102 Å². The Hall–Kier alpha value is -2.79. The van der Waals surface area contributed by atoms with E-state index in [1.54, 1.807) is 12.1 Å². The van der Waals surface area contributed by atoms with Crippen LogP contribution >= 0.6 is 23.2 Å². The van der Waals surface area contributed by atoms with Gasteiger partial charge in [0.05, 0.1) is 5.56 Å². The van der Waals surface area contributed by atoms with E-state index >= 15 is 0 Å². The second-order valence-corrected chi connectivity index (χ2v) is 9.77. The normalized spacial score (nSPS) is 17.9. The van der Waals surface area contributed by atoms with Crippen LogP contribution in [0.15, 0.2) is 60.7 Å². The monoisotopic (exact) mass is 492 g/mol. The molecule has 1 atom stereocenters. The summed E-state index contributed by atoms with van der Waals surface area (Å²) in [7, 11) is 0. The average molecular weight is 493 g/mol. The number of hydrogen-bond donors (Lipinski definition) is 3. The summed E-state index contributed by atoms with van der Waals surface area (Å²) in [5, 5.41) is 17.8. The molecule has 1 aliphatic heterocycles. The summed E-state index contributed by atoms with van der Waals surface area (Å²) in [6.45, 7) is 1.99. The Morgan fingerprint density at radius 1 is 1.00 bits per heavy atom. The molecule has 4 nitrogen and oxygen atoms in total. The van der Waals surface area contributed by atoms with Gasteiger partial charge in [-0.15, -0.1) is 0 Å². The van der Waals surface area contributed by atoms with Crippen molar-refractivity contribution < 1.29 is 9.90 Å². The Labute approximate surface area is 209 Å². The highest BCUT2D eigenvalue weighted by Gasteiger charge is 2.23. The van der Waals surface area contributed by atoms with E-state index in [0.29, 0.717) is 21.7 Å². The Morgan fingerprint density at radius 3 is 2.62 bits per heavy atom. The molecule has 0 radical (unpaired) electrons. The molecule has 0 saturated carbocycles. The van der Waals surface area contributed by atoms with E-state index in [9.17, 15) is 9.90 Å². The number of anilines is 1. The molecule has 0 amide bonds. The van der Waals surface area contributed by atoms with Gasteiger partial charge in [0, 0.05) is 28.3 Å². The van der Waals surface area contributed by atoms with E-state index in [1.165, 1.54) is 0 Å². The van der Waals surface area contributed by atoms with Crippen molar-refractivity contribution in [3.05, 3.63) is 98.5 Å². The lowest BCUT2D eigenvalue weighted by Gasteiger charge is -2.19. The minimum Gasteiger partial charge on any atom is -0.478 e. The molecule has 1 fully saturated rings. The Balaban J connectivity index is 1.69. The lowest BCUT2D eigenvalue weighted by atomic mass is 9.87. The zero-order chi connectivity index (χ0) is 23.7. The molecule has 0 spiro atoms. The Kier molecular flexibility index (Phi) is 6.64. The molecule has 0 bridgehead atoms. The van der Waals surface area contributed by atoms with Gasteiger partial charge in [-0.1, -0.05) is 47.5 Å². The molecule has 174 valence electrons. The maximum atomic E-state index is 11.6. The van der Waals surface area contributed by atoms with E-state index in [1.807, 2.05) is 24.3 Å². The summed E-state index contributed by atoms with van der Waals surface area (Å²) in [6.07, 6.45) is 3.64. The highest BCUT2D eigenvalue weighted by Crippen LogP contribution is 2.42. The fourth-order valence-electron chi connectivity index (χ4n) is 5.03. The van der Waals surface area contributed by atoms with E-state index in [0.717, 1.165) is 77.9 Å². The molecule has 1 saturated heterocycles. The van der Waals surface area contributed by atoms with Gasteiger partial charge in [0.25, 0.3) is 0 Å². The number of fused-ring (bicyclic) bond motifs is 1. The number of hydrogen-bond acceptors (Lipinski definition) is 3. The molecule has 3 N–H and O–H groups in total. The van der Waals surface area contributed by atoms with Crippen molar-refractivity contribution in [2.24, 2.45) is 0 Å². The molecule has 2 aliphatic rings. The third-order valence-electron chi connectivity index (χ3n) is 6.63. The van der Waals surface area contributed by atoms with Crippen LogP contribution in [-0.4, -0.2) is 30.2 Å². The first kappa shape index (κ1) is 23.0. The molecule has 3 aromatic rings. The van der Waals surface area contributed by atoms with E-state index in [2.05, 4.69) is 34.9 Å². The number of allylic oxidation sites excluding steroid dienone is 1. The maximum Gasteiger partial charge on any atom is 0.335 e. The minimum atomic E-state index is -0.907. The third kappa shape index (κ3) is 4.72. The molecule has 0 aromatic heterocycles. The number of halogens is 2. The van der Waals surface area contributed by atoms with Gasteiger partial charge in [-0.2, -0.15) is 0 Å². The smallest absolute Gasteiger partial charge is 0.335 e. The standard InChI is InChI=1S/C28H26Cl2N2O2/c29-20-8-10-24(26(30)15-20)25-6-2-3-17-13-19(28(33)34)7-9-23(17)27(25)18-4-1-5-21(14-18)32-22-11-12-31-16-22/h1,4-5,7-10,13-15,22,31-32H,2-3,6,11-12,16H2,(H,33,34). The number of carbonyl (C=O) groups is 1. The molecular weight excluding hydrogens is 467 g/mol. The van der Waals surface area contributed by atoms with E-state index in [4.69, 9.17) is 23.2 Å². The molecule has 3 aromatic carbocycles. The van der Waals surface area contributed by atoms with Crippen molar-refractivity contribution in [1.82, 2.24) is 5.32 Å². The first-order valence-corrected chi connectivity index (χ1v) is 12.4. The Morgan fingerprint density at radius 2 is 1.85 bits per heavy atom. The second-order valence-electron chi connectivity index (χ2n) is 8.92. The second kappa shape index (κ2) is 9.83. The quantitative estimate of drug-likeness (QED) is 0.368. The summed E-state index contributed by atoms with van der Waals surface area (Å²) >= 11 is 12.9. The van der Waals surface area contributed by atoms with E-state index < -0.39 is 5.97 Å². The number of benzene rings is 3. The number of rotatable bonds is 5. The predicted octanol–water partition coefficient (Wildman–Crippen LogP) is 6.76. The summed E-state index contributed by atoms with van der Waals surface area (Å²) in [6, 6.07) is 20.0. The van der Waals surface area contributed by atoms with Gasteiger partial charge in [0.2, 0.25) is 0 Å². The first-order valence-electron chi connectivity index (χ1n) is 11.6. The SMILES string of the molecule is O=C(O)c1ccc2c(c1)CCCC(c1ccc(Cl)cc1Cl)=C2c1cccc(NC2CCNC2)c1. The number of aromatic carboxylic acids is 1. The number of carboxylic acids is 1. The summed E-state index contributed by atoms with van der Waals surface area (Å²) < 4.78 is 0. The number of aryl methyl sites for hydroxylation is 1. The zero-order valence-corrected chi connectivity index (χ0v) is 20.2. The minimum absolute atomic E-state index is 0.315. The van der Waals surface area contributed by atoms with Gasteiger partial charge in [0.1, 0.15) is 0 Å². The van der Waals surface area contributed by atoms with Crippen LogP contribution < -0.4 is 10.6 Å². The van der Waals surface area contributed by atoms with Crippen LogP contribution in [0, 0.1) is 0 Å². The van der Waals surface area contributed by atoms with Crippen molar-refractivity contribution >= 4 is 46.0 Å². The number of nitrogens with one attached hydrogen (secondary N) is 2. The van der Waals surface area contributed by atoms with Crippen LogP contribution in [0.4, 0.5) is 5.69 Å². The summed E-state index contributed by atoms with van der Waals surface area (Å²) in [5.74, 6) is -0.907. The predicted molar refractivity (Wildman–Crippen MR) is 140 cm³/mol. The van der Waals surface area contributed by atoms with Gasteiger partial charge in [0.15, 0.2) is 0 Å². The third-order valence-corrected chi connectivity index (χ3v) is 7.18. The zero-order valence-electron chi connectivity index (χ0n) is 18.7. The highest BCUT2D eigenvalue weighted by molar-refractivity contribution is 6.36. The van der Waals surface area contributed by atoms with Gasteiger partial charge in [-0.25, -0.2) is 4.79 Å². The fraction of sp³-hybridized carbons (Fsp3) is 0.250. The molecule has 1 heterocycles. The first-order chi connectivity index (χ1) is 16.5. The van der Waals surface area contributed by atoms with Crippen LogP contribution in [0.2, 0.25) is 10.0 Å². The van der Waals surface area contributed by atoms with E-state index in [-0.39, 0.29) is 0 Å². The van der Waals surface area contributed by atoms with Gasteiger partial charge >= 0.3 is 5.97 Å². The topological polar surface area (TPSA) is 61.4 Å². The lowest BCUT2D eigenvalue weighted by molar-refractivity contribution is 0.0696. The lowest BCUT2D eigenvalue weighted by Crippen LogP contribution is -2.22. The van der Waals surface area contributed by atoms with Crippen LogP contribution in [0.1, 0.15) is 51.9 Å². The van der Waals surface area contributed by atoms with Crippen molar-refractivity contribution in [3.8, 4) is 0 Å². The molecular formula is C28H26Cl2N2O2. The van der Waals surface area contributed by atoms with Crippen molar-refractivity contribution in [2.75, 3.05) is 18.4 Å². The van der Waals surface area contributed by atoms with Crippen molar-refractivity contribution in [1.29, 1.82) is 0 Å². The Bertz CT molecular complexity index is 1280. The van der Waals surface area contributed by atoms with Crippen LogP contribution in [0.3, 0.4) is 0 Å². The summed E-state index contributed by atoms with van der Waals surface area (Å²) in [5.41, 5.74) is 7.81. The molecule has 1 aliphatic carbocycles. The van der Waals surface area contributed by atoms with Crippen molar-refractivity contribution in [3.63, 3.8) is 0 Å². The van der Waals surface area contributed by atoms with Crippen LogP contribution in [0.25, 0.3) is 11.1 Å². The van der Waals surface area contributed by atoms with Crippen LogP contribution in [-0.2, 0) is 6.42 Å². The fourth-order valence-corrected chi connectivity index (χ4v) is 5.55. The van der Waals surface area contributed by atoms with Crippen LogP contribution in [0.5, 0.6) is 0 Å². The van der Waals surface area contributed by atoms with Gasteiger partial charge in [-0.3, -0.25) is 0 Å². The maximum absolute atomic E-state index is 11.6. The summed E-state index contributed by atoms with van der Waals surface area (Å²) in [4.78, 5) is 11.6.